The first-order chi connectivity index (χ1) is 7.49. The van der Waals surface area contributed by atoms with Gasteiger partial charge in [-0.15, -0.1) is 0 Å². The molecular formula is C10H15F3N2O. The second-order valence-corrected chi connectivity index (χ2v) is 4.60. The highest BCUT2D eigenvalue weighted by Gasteiger charge is 2.40. The van der Waals surface area contributed by atoms with Crippen LogP contribution in [0.3, 0.4) is 0 Å². The molecule has 0 aliphatic carbocycles. The number of carbonyl (C=O) groups excluding carboxylic acids is 1. The molecule has 0 aromatic heterocycles. The number of nitrogens with zero attached hydrogens (tertiary/aromatic N) is 1. The molecule has 3 atom stereocenters. The van der Waals surface area contributed by atoms with Crippen molar-refractivity contribution in [3.8, 4) is 0 Å². The molecule has 0 radical (unpaired) electrons. The highest BCUT2D eigenvalue weighted by Crippen LogP contribution is 2.34. The minimum absolute atomic E-state index is 0.102. The second kappa shape index (κ2) is 4.24. The van der Waals surface area contributed by atoms with Gasteiger partial charge in [0.15, 0.2) is 0 Å². The molecule has 2 fully saturated rings. The van der Waals surface area contributed by atoms with E-state index in [4.69, 9.17) is 0 Å². The van der Waals surface area contributed by atoms with Crippen LogP contribution in [0.1, 0.15) is 25.7 Å². The zero-order valence-electron chi connectivity index (χ0n) is 8.83. The zero-order chi connectivity index (χ0) is 11.8. The minimum atomic E-state index is -4.15. The number of halogens is 3. The lowest BCUT2D eigenvalue weighted by molar-refractivity contribution is -0.129. The van der Waals surface area contributed by atoms with Crippen molar-refractivity contribution in [2.24, 2.45) is 0 Å². The molecule has 0 aromatic carbocycles. The molecule has 2 rings (SSSR count). The van der Waals surface area contributed by atoms with Crippen molar-refractivity contribution in [2.45, 2.75) is 50.0 Å². The third kappa shape index (κ3) is 2.48. The number of fused-ring (bicyclic) bond motifs is 2. The first-order valence-corrected chi connectivity index (χ1v) is 5.52. The van der Waals surface area contributed by atoms with Gasteiger partial charge in [0, 0.05) is 18.1 Å². The highest BCUT2D eigenvalue weighted by molar-refractivity contribution is 5.49. The maximum absolute atomic E-state index is 12.0. The average molecular weight is 236 g/mol. The number of amides is 1. The molecule has 2 aliphatic rings. The van der Waals surface area contributed by atoms with E-state index in [1.165, 1.54) is 0 Å². The summed E-state index contributed by atoms with van der Waals surface area (Å²) in [6, 6.07) is 0.180. The van der Waals surface area contributed by atoms with Crippen LogP contribution >= 0.6 is 0 Å². The fourth-order valence-corrected chi connectivity index (χ4v) is 2.81. The van der Waals surface area contributed by atoms with Crippen LogP contribution in [0.2, 0.25) is 0 Å². The van der Waals surface area contributed by atoms with Crippen LogP contribution in [0.4, 0.5) is 13.2 Å². The van der Waals surface area contributed by atoms with Crippen LogP contribution in [-0.4, -0.2) is 42.2 Å². The smallest absolute Gasteiger partial charge is 0.339 e. The van der Waals surface area contributed by atoms with Crippen molar-refractivity contribution in [3.63, 3.8) is 0 Å². The Morgan fingerprint density at radius 3 is 2.25 bits per heavy atom. The first-order valence-electron chi connectivity index (χ1n) is 5.52. The Kier molecular flexibility index (Phi) is 3.10. The van der Waals surface area contributed by atoms with E-state index >= 15 is 0 Å². The Bertz CT molecular complexity index is 255. The van der Waals surface area contributed by atoms with Gasteiger partial charge in [-0.25, -0.2) is 0 Å². The molecule has 2 saturated heterocycles. The van der Waals surface area contributed by atoms with E-state index in [-0.39, 0.29) is 18.1 Å². The van der Waals surface area contributed by atoms with Crippen molar-refractivity contribution in [3.05, 3.63) is 0 Å². The largest absolute Gasteiger partial charge is 0.401 e. The summed E-state index contributed by atoms with van der Waals surface area (Å²) in [5, 5.41) is 2.54. The maximum Gasteiger partial charge on any atom is 0.401 e. The van der Waals surface area contributed by atoms with Crippen molar-refractivity contribution in [1.29, 1.82) is 0 Å². The quantitative estimate of drug-likeness (QED) is 0.749. The van der Waals surface area contributed by atoms with Gasteiger partial charge in [0.2, 0.25) is 6.41 Å². The molecule has 2 aliphatic heterocycles. The molecular weight excluding hydrogens is 221 g/mol. The molecule has 16 heavy (non-hydrogen) atoms. The Balaban J connectivity index is 1.86. The summed E-state index contributed by atoms with van der Waals surface area (Å²) < 4.78 is 36.1. The Morgan fingerprint density at radius 2 is 1.81 bits per heavy atom. The standard InChI is InChI=1S/C10H15F3N2O/c11-10(12,13)5-14-7-3-8-1-2-9(4-7)15(8)6-16/h6-9,14H,1-5H2/t7?,8-,9+. The molecule has 3 nitrogen and oxygen atoms in total. The van der Waals surface area contributed by atoms with Gasteiger partial charge in [-0.2, -0.15) is 13.2 Å². The normalized spacial score (nSPS) is 34.2. The summed E-state index contributed by atoms with van der Waals surface area (Å²) in [4.78, 5) is 12.5. The van der Waals surface area contributed by atoms with Crippen LogP contribution in [0.25, 0.3) is 0 Å². The van der Waals surface area contributed by atoms with Crippen LogP contribution in [0.15, 0.2) is 0 Å². The van der Waals surface area contributed by atoms with E-state index in [0.29, 0.717) is 12.8 Å². The van der Waals surface area contributed by atoms with E-state index in [2.05, 4.69) is 5.32 Å². The van der Waals surface area contributed by atoms with Crippen LogP contribution in [0, 0.1) is 0 Å². The molecule has 2 heterocycles. The number of nitrogens with one attached hydrogen (secondary N) is 1. The number of carbonyl (C=O) groups is 1. The van der Waals surface area contributed by atoms with E-state index in [9.17, 15) is 18.0 Å². The summed E-state index contributed by atoms with van der Waals surface area (Å²) in [6.45, 7) is -0.932. The Hall–Kier alpha value is -0.780. The molecule has 1 amide bonds. The van der Waals surface area contributed by atoms with Gasteiger partial charge in [0.1, 0.15) is 0 Å². The fraction of sp³-hybridized carbons (Fsp3) is 0.900. The third-order valence-electron chi connectivity index (χ3n) is 3.50. The number of hydrogen-bond donors (Lipinski definition) is 1. The highest BCUT2D eigenvalue weighted by atomic mass is 19.4. The van der Waals surface area contributed by atoms with Gasteiger partial charge in [-0.1, -0.05) is 0 Å². The van der Waals surface area contributed by atoms with Gasteiger partial charge in [-0.05, 0) is 25.7 Å². The van der Waals surface area contributed by atoms with Crippen molar-refractivity contribution >= 4 is 6.41 Å². The Labute approximate surface area is 92.0 Å². The van der Waals surface area contributed by atoms with Crippen LogP contribution in [0.5, 0.6) is 0 Å². The Morgan fingerprint density at radius 1 is 1.25 bits per heavy atom. The van der Waals surface area contributed by atoms with Gasteiger partial charge in [0.25, 0.3) is 0 Å². The molecule has 2 bridgehead atoms. The lowest BCUT2D eigenvalue weighted by Gasteiger charge is -2.37. The molecule has 1 N–H and O–H groups in total. The summed E-state index contributed by atoms with van der Waals surface area (Å²) in [7, 11) is 0. The van der Waals surface area contributed by atoms with Crippen molar-refractivity contribution in [2.75, 3.05) is 6.54 Å². The molecule has 92 valence electrons. The molecule has 0 aromatic rings. The van der Waals surface area contributed by atoms with Crippen molar-refractivity contribution < 1.29 is 18.0 Å². The number of alkyl halides is 3. The first kappa shape index (κ1) is 11.7. The monoisotopic (exact) mass is 236 g/mol. The lowest BCUT2D eigenvalue weighted by atomic mass is 9.98. The molecule has 1 unspecified atom stereocenters. The van der Waals surface area contributed by atoms with Gasteiger partial charge >= 0.3 is 6.18 Å². The average Bonchev–Trinajstić information content (AvgIpc) is 2.44. The second-order valence-electron chi connectivity index (χ2n) is 4.60. The number of hydrogen-bond acceptors (Lipinski definition) is 2. The van der Waals surface area contributed by atoms with E-state index in [0.717, 1.165) is 19.3 Å². The van der Waals surface area contributed by atoms with Gasteiger partial charge < -0.3 is 10.2 Å². The topological polar surface area (TPSA) is 32.3 Å². The fourth-order valence-electron chi connectivity index (χ4n) is 2.81. The summed E-state index contributed by atoms with van der Waals surface area (Å²) in [5.41, 5.74) is 0. The molecule has 0 saturated carbocycles. The van der Waals surface area contributed by atoms with E-state index in [1.807, 2.05) is 0 Å². The maximum atomic E-state index is 12.0. The van der Waals surface area contributed by atoms with E-state index < -0.39 is 12.7 Å². The van der Waals surface area contributed by atoms with E-state index in [1.54, 1.807) is 4.90 Å². The SMILES string of the molecule is O=CN1[C@@H]2CC[C@H]1CC(NCC(F)(F)F)C2. The van der Waals surface area contributed by atoms with Crippen LogP contribution < -0.4 is 5.32 Å². The zero-order valence-corrected chi connectivity index (χ0v) is 8.83. The third-order valence-corrected chi connectivity index (χ3v) is 3.50. The molecule has 0 spiro atoms. The van der Waals surface area contributed by atoms with Gasteiger partial charge in [0.05, 0.1) is 6.54 Å². The predicted molar refractivity (Wildman–Crippen MR) is 51.8 cm³/mol. The lowest BCUT2D eigenvalue weighted by Crippen LogP contribution is -2.50. The predicted octanol–water partition coefficient (Wildman–Crippen LogP) is 1.29. The van der Waals surface area contributed by atoms with Crippen LogP contribution in [-0.2, 0) is 4.79 Å². The van der Waals surface area contributed by atoms with Crippen molar-refractivity contribution in [1.82, 2.24) is 10.2 Å². The van der Waals surface area contributed by atoms with Gasteiger partial charge in [-0.3, -0.25) is 4.79 Å². The summed E-state index contributed by atoms with van der Waals surface area (Å²) in [6.07, 6.45) is -0.180. The summed E-state index contributed by atoms with van der Waals surface area (Å²) in [5.74, 6) is 0. The molecule has 6 heteroatoms. The summed E-state index contributed by atoms with van der Waals surface area (Å²) >= 11 is 0. The number of rotatable bonds is 3. The minimum Gasteiger partial charge on any atom is -0.339 e. The number of piperidine rings is 1.